The molecule has 0 unspecified atom stereocenters. The van der Waals surface area contributed by atoms with E-state index in [1.807, 2.05) is 12.1 Å². The van der Waals surface area contributed by atoms with E-state index < -0.39 is 0 Å². The summed E-state index contributed by atoms with van der Waals surface area (Å²) in [7, 11) is 1.42. The molecule has 0 aromatic heterocycles. The van der Waals surface area contributed by atoms with Gasteiger partial charge in [0.25, 0.3) is 0 Å². The van der Waals surface area contributed by atoms with Gasteiger partial charge in [-0.2, -0.15) is 0 Å². The second-order valence-corrected chi connectivity index (χ2v) is 4.43. The first-order valence-electron chi connectivity index (χ1n) is 6.22. The Morgan fingerprint density at radius 1 is 1.47 bits per heavy atom. The molecule has 0 amide bonds. The van der Waals surface area contributed by atoms with Crippen molar-refractivity contribution in [3.8, 4) is 0 Å². The molecule has 0 N–H and O–H groups in total. The number of esters is 1. The number of aryl methyl sites for hydroxylation is 1. The van der Waals surface area contributed by atoms with Crippen LogP contribution in [0.15, 0.2) is 18.2 Å². The minimum absolute atomic E-state index is 0.250. The Kier molecular flexibility index (Phi) is 3.67. The van der Waals surface area contributed by atoms with E-state index in [0.29, 0.717) is 5.56 Å². The maximum atomic E-state index is 11.5. The minimum atomic E-state index is -0.250. The van der Waals surface area contributed by atoms with Gasteiger partial charge < -0.3 is 9.64 Å². The molecule has 0 atom stereocenters. The van der Waals surface area contributed by atoms with E-state index in [1.54, 1.807) is 0 Å². The van der Waals surface area contributed by atoms with Crippen LogP contribution < -0.4 is 4.90 Å². The maximum absolute atomic E-state index is 11.5. The molecule has 1 aliphatic heterocycles. The van der Waals surface area contributed by atoms with Crippen molar-refractivity contribution in [1.82, 2.24) is 0 Å². The predicted molar refractivity (Wildman–Crippen MR) is 68.6 cm³/mol. The van der Waals surface area contributed by atoms with E-state index in [0.717, 1.165) is 32.4 Å². The smallest absolute Gasteiger partial charge is 0.337 e. The molecule has 1 aromatic carbocycles. The van der Waals surface area contributed by atoms with Gasteiger partial charge in [0.2, 0.25) is 0 Å². The third kappa shape index (κ3) is 2.43. The van der Waals surface area contributed by atoms with Gasteiger partial charge in [-0.15, -0.1) is 0 Å². The van der Waals surface area contributed by atoms with E-state index in [9.17, 15) is 4.79 Å². The normalized spacial score (nSPS) is 14.4. The highest BCUT2D eigenvalue weighted by Crippen LogP contribution is 2.28. The lowest BCUT2D eigenvalue weighted by atomic mass is 9.99. The zero-order valence-electron chi connectivity index (χ0n) is 10.5. The number of benzene rings is 1. The van der Waals surface area contributed by atoms with Crippen LogP contribution in [0.3, 0.4) is 0 Å². The predicted octanol–water partition coefficient (Wildman–Crippen LogP) is 2.64. The summed E-state index contributed by atoms with van der Waals surface area (Å²) < 4.78 is 4.75. The molecular formula is C14H19NO2. The van der Waals surface area contributed by atoms with Crippen molar-refractivity contribution < 1.29 is 9.53 Å². The fraction of sp³-hybridized carbons (Fsp3) is 0.500. The quantitative estimate of drug-likeness (QED) is 0.752. The fourth-order valence-electron chi connectivity index (χ4n) is 2.42. The number of hydrogen-bond acceptors (Lipinski definition) is 3. The van der Waals surface area contributed by atoms with Crippen molar-refractivity contribution in [2.45, 2.75) is 26.2 Å². The van der Waals surface area contributed by atoms with Crippen molar-refractivity contribution in [1.29, 1.82) is 0 Å². The highest BCUT2D eigenvalue weighted by atomic mass is 16.5. The number of hydrogen-bond donors (Lipinski definition) is 0. The monoisotopic (exact) mass is 233 g/mol. The number of carbonyl (C=O) groups is 1. The first kappa shape index (κ1) is 12.0. The molecule has 2 rings (SSSR count). The highest BCUT2D eigenvalue weighted by molar-refractivity contribution is 5.90. The Morgan fingerprint density at radius 2 is 2.29 bits per heavy atom. The van der Waals surface area contributed by atoms with Crippen molar-refractivity contribution in [2.24, 2.45) is 0 Å². The van der Waals surface area contributed by atoms with E-state index in [4.69, 9.17) is 4.74 Å². The van der Waals surface area contributed by atoms with Crippen molar-refractivity contribution in [3.05, 3.63) is 29.3 Å². The number of fused-ring (bicyclic) bond motifs is 1. The molecule has 1 aromatic rings. The van der Waals surface area contributed by atoms with Crippen LogP contribution in [0.2, 0.25) is 0 Å². The van der Waals surface area contributed by atoms with E-state index in [1.165, 1.54) is 18.4 Å². The van der Waals surface area contributed by atoms with Crippen LogP contribution >= 0.6 is 0 Å². The van der Waals surface area contributed by atoms with Gasteiger partial charge >= 0.3 is 5.97 Å². The molecule has 1 heterocycles. The third-order valence-electron chi connectivity index (χ3n) is 3.21. The van der Waals surface area contributed by atoms with E-state index >= 15 is 0 Å². The van der Waals surface area contributed by atoms with Gasteiger partial charge in [0.05, 0.1) is 12.7 Å². The molecule has 0 saturated carbocycles. The average molecular weight is 233 g/mol. The lowest BCUT2D eigenvalue weighted by Crippen LogP contribution is -2.30. The zero-order chi connectivity index (χ0) is 12.3. The van der Waals surface area contributed by atoms with Crippen LogP contribution in [0.5, 0.6) is 0 Å². The van der Waals surface area contributed by atoms with Crippen LogP contribution in [0.1, 0.15) is 35.7 Å². The molecule has 17 heavy (non-hydrogen) atoms. The SMILES string of the molecule is CCCN1CCCc2cc(C(=O)OC)ccc21. The van der Waals surface area contributed by atoms with Gasteiger partial charge in [0, 0.05) is 18.8 Å². The van der Waals surface area contributed by atoms with Crippen LogP contribution in [0, 0.1) is 0 Å². The Bertz CT molecular complexity index is 415. The van der Waals surface area contributed by atoms with Crippen LogP contribution in [0.25, 0.3) is 0 Å². The zero-order valence-corrected chi connectivity index (χ0v) is 10.5. The highest BCUT2D eigenvalue weighted by Gasteiger charge is 2.17. The van der Waals surface area contributed by atoms with Gasteiger partial charge in [-0.05, 0) is 43.0 Å². The third-order valence-corrected chi connectivity index (χ3v) is 3.21. The summed E-state index contributed by atoms with van der Waals surface area (Å²) in [4.78, 5) is 13.9. The molecule has 3 heteroatoms. The van der Waals surface area contributed by atoms with Crippen LogP contribution in [0.4, 0.5) is 5.69 Å². The second-order valence-electron chi connectivity index (χ2n) is 4.43. The first-order valence-corrected chi connectivity index (χ1v) is 6.22. The lowest BCUT2D eigenvalue weighted by Gasteiger charge is -2.31. The standard InChI is InChI=1S/C14H19NO2/c1-3-8-15-9-4-5-11-10-12(14(16)17-2)6-7-13(11)15/h6-7,10H,3-5,8-9H2,1-2H3. The molecular weight excluding hydrogens is 214 g/mol. The van der Waals surface area contributed by atoms with Gasteiger partial charge in [-0.1, -0.05) is 6.92 Å². The summed E-state index contributed by atoms with van der Waals surface area (Å²) in [6.45, 7) is 4.40. The average Bonchev–Trinajstić information content (AvgIpc) is 2.38. The summed E-state index contributed by atoms with van der Waals surface area (Å²) in [5, 5.41) is 0. The molecule has 92 valence electrons. The van der Waals surface area contributed by atoms with Crippen LogP contribution in [-0.2, 0) is 11.2 Å². The Hall–Kier alpha value is -1.51. The Balaban J connectivity index is 2.29. The molecule has 1 aliphatic rings. The first-order chi connectivity index (χ1) is 8.26. The van der Waals surface area contributed by atoms with Gasteiger partial charge in [0.15, 0.2) is 0 Å². The largest absolute Gasteiger partial charge is 0.465 e. The Labute approximate surface area is 102 Å². The lowest BCUT2D eigenvalue weighted by molar-refractivity contribution is 0.0600. The van der Waals surface area contributed by atoms with Crippen molar-refractivity contribution in [3.63, 3.8) is 0 Å². The number of ether oxygens (including phenoxy) is 1. The summed E-state index contributed by atoms with van der Waals surface area (Å²) in [6, 6.07) is 5.89. The number of carbonyl (C=O) groups excluding carboxylic acids is 1. The number of methoxy groups -OCH3 is 1. The minimum Gasteiger partial charge on any atom is -0.465 e. The topological polar surface area (TPSA) is 29.5 Å². The molecule has 0 spiro atoms. The number of rotatable bonds is 3. The molecule has 0 saturated heterocycles. The number of nitrogens with zero attached hydrogens (tertiary/aromatic N) is 1. The summed E-state index contributed by atoms with van der Waals surface area (Å²) in [6.07, 6.45) is 3.37. The number of anilines is 1. The molecule has 0 fully saturated rings. The van der Waals surface area contributed by atoms with Crippen molar-refractivity contribution in [2.75, 3.05) is 25.1 Å². The fourth-order valence-corrected chi connectivity index (χ4v) is 2.42. The van der Waals surface area contributed by atoms with Gasteiger partial charge in [0.1, 0.15) is 0 Å². The summed E-state index contributed by atoms with van der Waals surface area (Å²) in [5.74, 6) is -0.250. The molecule has 3 nitrogen and oxygen atoms in total. The summed E-state index contributed by atoms with van der Waals surface area (Å²) in [5.41, 5.74) is 3.21. The van der Waals surface area contributed by atoms with Gasteiger partial charge in [-0.25, -0.2) is 4.79 Å². The Morgan fingerprint density at radius 3 is 3.00 bits per heavy atom. The second kappa shape index (κ2) is 5.21. The summed E-state index contributed by atoms with van der Waals surface area (Å²) >= 11 is 0. The van der Waals surface area contributed by atoms with E-state index in [2.05, 4.69) is 17.9 Å². The van der Waals surface area contributed by atoms with Crippen LogP contribution in [-0.4, -0.2) is 26.2 Å². The van der Waals surface area contributed by atoms with E-state index in [-0.39, 0.29) is 5.97 Å². The molecule has 0 bridgehead atoms. The molecule has 0 aliphatic carbocycles. The maximum Gasteiger partial charge on any atom is 0.337 e. The molecule has 0 radical (unpaired) electrons. The van der Waals surface area contributed by atoms with Gasteiger partial charge in [-0.3, -0.25) is 0 Å². The van der Waals surface area contributed by atoms with Crippen molar-refractivity contribution >= 4 is 11.7 Å².